The van der Waals surface area contributed by atoms with Gasteiger partial charge in [0.25, 0.3) is 0 Å². The maximum Gasteiger partial charge on any atom is 0.573 e. The molecule has 7 nitrogen and oxygen atoms in total. The quantitative estimate of drug-likeness (QED) is 0.805. The molecule has 2 aromatic rings. The van der Waals surface area contributed by atoms with Gasteiger partial charge in [-0.3, -0.25) is 4.79 Å². The zero-order valence-electron chi connectivity index (χ0n) is 16.2. The molecule has 7 rings (SSSR count). The molecule has 5 fully saturated rings. The van der Waals surface area contributed by atoms with Gasteiger partial charge in [0.1, 0.15) is 5.82 Å². The van der Waals surface area contributed by atoms with Gasteiger partial charge in [-0.25, -0.2) is 9.97 Å². The summed E-state index contributed by atoms with van der Waals surface area (Å²) in [4.78, 5) is 22.5. The van der Waals surface area contributed by atoms with Gasteiger partial charge in [0.15, 0.2) is 11.6 Å². The van der Waals surface area contributed by atoms with Crippen LogP contribution in [0.1, 0.15) is 25.6 Å². The van der Waals surface area contributed by atoms with Gasteiger partial charge < -0.3 is 19.9 Å². The molecule has 1 amide bonds. The number of carbonyl (C=O) groups is 1. The van der Waals surface area contributed by atoms with E-state index in [1.165, 1.54) is 12.3 Å². The molecule has 2 unspecified atom stereocenters. The number of pyridine rings is 1. The second-order valence-corrected chi connectivity index (χ2v) is 8.85. The van der Waals surface area contributed by atoms with E-state index >= 15 is 0 Å². The average molecular weight is 419 g/mol. The van der Waals surface area contributed by atoms with Gasteiger partial charge in [0.2, 0.25) is 5.91 Å². The van der Waals surface area contributed by atoms with Crippen LogP contribution in [0.5, 0.6) is 5.75 Å². The average Bonchev–Trinajstić information content (AvgIpc) is 3.58. The van der Waals surface area contributed by atoms with Gasteiger partial charge in [0.05, 0.1) is 17.3 Å². The maximum atomic E-state index is 12.7. The van der Waals surface area contributed by atoms with Gasteiger partial charge in [0, 0.05) is 49.7 Å². The van der Waals surface area contributed by atoms with Crippen molar-refractivity contribution < 1.29 is 22.7 Å². The highest BCUT2D eigenvalue weighted by molar-refractivity contribution is 5.77. The molecular weight excluding hydrogens is 399 g/mol. The Bertz CT molecular complexity index is 1070. The van der Waals surface area contributed by atoms with Gasteiger partial charge in [-0.05, 0) is 24.8 Å². The van der Waals surface area contributed by atoms with Crippen molar-refractivity contribution in [2.45, 2.75) is 44.1 Å². The van der Waals surface area contributed by atoms with E-state index < -0.39 is 12.1 Å². The first-order valence-corrected chi connectivity index (χ1v) is 10.1. The standard InChI is InChI=1S/C20H20F3N5O2/c1-9(29)27-7-12-16-17(27)19(12,16)28-8-13(26-15(28)4-10-2-3-10)11-5-14(18(24)25-6-11)30-20(21,22)23/h5-6,8,10,12,16-17H,2-4,7H2,1H3,(H2,24,25)/t12?,16-,17?,19-/m0/s1. The maximum absolute atomic E-state index is 12.7. The number of nitrogens with two attached hydrogens (primary N) is 1. The molecule has 2 bridgehead atoms. The Labute approximate surface area is 170 Å². The molecule has 4 atom stereocenters. The Kier molecular flexibility index (Phi) is 3.29. The minimum atomic E-state index is -4.85. The molecule has 158 valence electrons. The number of nitrogen functional groups attached to an aromatic ring is 1. The van der Waals surface area contributed by atoms with Crippen LogP contribution in [0.3, 0.4) is 0 Å². The summed E-state index contributed by atoms with van der Waals surface area (Å²) in [6.07, 6.45) is 1.63. The van der Waals surface area contributed by atoms with Crippen molar-refractivity contribution in [2.24, 2.45) is 17.8 Å². The highest BCUT2D eigenvalue weighted by Crippen LogP contribution is 2.83. The molecule has 2 saturated heterocycles. The number of amides is 1. The third kappa shape index (κ3) is 2.42. The summed E-state index contributed by atoms with van der Waals surface area (Å²) in [5, 5.41) is 0. The van der Waals surface area contributed by atoms with Crippen molar-refractivity contribution in [1.82, 2.24) is 19.4 Å². The number of anilines is 1. The number of hydrogen-bond donors (Lipinski definition) is 1. The number of aromatic nitrogens is 3. The van der Waals surface area contributed by atoms with Crippen LogP contribution in [-0.2, 0) is 16.8 Å². The Morgan fingerprint density at radius 3 is 2.77 bits per heavy atom. The molecule has 10 heteroatoms. The highest BCUT2D eigenvalue weighted by atomic mass is 19.4. The number of rotatable bonds is 5. The van der Waals surface area contributed by atoms with Crippen LogP contribution in [-0.4, -0.2) is 44.3 Å². The lowest BCUT2D eigenvalue weighted by Crippen LogP contribution is -2.29. The molecule has 5 aliphatic rings. The first-order valence-electron chi connectivity index (χ1n) is 10.1. The molecule has 3 aliphatic carbocycles. The Morgan fingerprint density at radius 2 is 2.17 bits per heavy atom. The highest BCUT2D eigenvalue weighted by Gasteiger charge is 2.94. The van der Waals surface area contributed by atoms with Crippen molar-refractivity contribution in [2.75, 3.05) is 12.3 Å². The number of hydrogen-bond acceptors (Lipinski definition) is 5. The molecule has 0 aromatic carbocycles. The van der Waals surface area contributed by atoms with E-state index in [0.717, 1.165) is 31.6 Å². The minimum absolute atomic E-state index is 0.0757. The molecule has 0 radical (unpaired) electrons. The van der Waals surface area contributed by atoms with Crippen LogP contribution in [0, 0.1) is 17.8 Å². The molecule has 2 aromatic heterocycles. The van der Waals surface area contributed by atoms with E-state index in [2.05, 4.69) is 14.3 Å². The molecule has 4 heterocycles. The fourth-order valence-corrected chi connectivity index (χ4v) is 5.47. The SMILES string of the molecule is CC(=O)N1CC2[C@H]3C1[C@]23n1cc(-c2cnc(N)c(OC(F)(F)F)c2)nc1CC1CC1. The first kappa shape index (κ1) is 18.0. The number of carbonyl (C=O) groups excluding carboxylic acids is 1. The van der Waals surface area contributed by atoms with Gasteiger partial charge in [-0.15, -0.1) is 13.2 Å². The number of alkyl halides is 3. The Balaban J connectivity index is 1.37. The monoisotopic (exact) mass is 419 g/mol. The summed E-state index contributed by atoms with van der Waals surface area (Å²) in [5.74, 6) is 1.68. The molecule has 0 spiro atoms. The minimum Gasteiger partial charge on any atom is -0.402 e. The van der Waals surface area contributed by atoms with Gasteiger partial charge >= 0.3 is 6.36 Å². The normalized spacial score (nSPS) is 30.9. The second-order valence-electron chi connectivity index (χ2n) is 8.85. The van der Waals surface area contributed by atoms with Crippen LogP contribution in [0.15, 0.2) is 18.5 Å². The predicted molar refractivity (Wildman–Crippen MR) is 99.1 cm³/mol. The zero-order valence-corrected chi connectivity index (χ0v) is 16.2. The van der Waals surface area contributed by atoms with Gasteiger partial charge in [-0.1, -0.05) is 0 Å². The van der Waals surface area contributed by atoms with Crippen LogP contribution >= 0.6 is 0 Å². The molecule has 3 saturated carbocycles. The van der Waals surface area contributed by atoms with E-state index in [-0.39, 0.29) is 23.3 Å². The summed E-state index contributed by atoms with van der Waals surface area (Å²) in [6.45, 7) is 2.37. The Morgan fingerprint density at radius 1 is 1.40 bits per heavy atom. The number of fused-ring (bicyclic) bond motifs is 1. The third-order valence-electron chi connectivity index (χ3n) is 7.06. The van der Waals surface area contributed by atoms with Crippen LogP contribution < -0.4 is 10.5 Å². The molecule has 30 heavy (non-hydrogen) atoms. The Hall–Kier alpha value is -2.78. The second kappa shape index (κ2) is 5.47. The molecule has 2 aliphatic heterocycles. The van der Waals surface area contributed by atoms with Crippen LogP contribution in [0.25, 0.3) is 11.3 Å². The van der Waals surface area contributed by atoms with Crippen molar-refractivity contribution in [3.05, 3.63) is 24.3 Å². The van der Waals surface area contributed by atoms with Crippen LogP contribution in [0.4, 0.5) is 19.0 Å². The topological polar surface area (TPSA) is 86.3 Å². The smallest absolute Gasteiger partial charge is 0.402 e. The number of ether oxygens (including phenoxy) is 1. The summed E-state index contributed by atoms with van der Waals surface area (Å²) in [5.41, 5.74) is 6.45. The fourth-order valence-electron chi connectivity index (χ4n) is 5.47. The van der Waals surface area contributed by atoms with E-state index in [0.29, 0.717) is 29.0 Å². The largest absolute Gasteiger partial charge is 0.573 e. The molecule has 2 N–H and O–H groups in total. The number of piperidine rings is 1. The van der Waals surface area contributed by atoms with Crippen molar-refractivity contribution >= 4 is 11.7 Å². The summed E-state index contributed by atoms with van der Waals surface area (Å²) < 4.78 is 44.3. The van der Waals surface area contributed by atoms with Crippen molar-refractivity contribution in [3.8, 4) is 17.0 Å². The first-order chi connectivity index (χ1) is 14.2. The summed E-state index contributed by atoms with van der Waals surface area (Å²) in [6, 6.07) is 1.45. The van der Waals surface area contributed by atoms with E-state index in [1.54, 1.807) is 6.92 Å². The number of halogens is 3. The lowest BCUT2D eigenvalue weighted by atomic mass is 10.1. The lowest BCUT2D eigenvalue weighted by molar-refractivity contribution is -0.274. The van der Waals surface area contributed by atoms with Crippen LogP contribution in [0.2, 0.25) is 0 Å². The summed E-state index contributed by atoms with van der Waals surface area (Å²) in [7, 11) is 0. The molecular formula is C20H20F3N5O2. The van der Waals surface area contributed by atoms with E-state index in [9.17, 15) is 18.0 Å². The predicted octanol–water partition coefficient (Wildman–Crippen LogP) is 2.56. The van der Waals surface area contributed by atoms with E-state index in [4.69, 9.17) is 10.7 Å². The zero-order chi connectivity index (χ0) is 21.0. The number of imidazole rings is 1. The third-order valence-corrected chi connectivity index (χ3v) is 7.06. The van der Waals surface area contributed by atoms with Crippen molar-refractivity contribution in [1.29, 1.82) is 0 Å². The number of nitrogens with zero attached hydrogens (tertiary/aromatic N) is 4. The van der Waals surface area contributed by atoms with Gasteiger partial charge in [-0.2, -0.15) is 0 Å². The fraction of sp³-hybridized carbons (Fsp3) is 0.550. The lowest BCUT2D eigenvalue weighted by Gasteiger charge is -2.16. The van der Waals surface area contributed by atoms with Crippen molar-refractivity contribution in [3.63, 3.8) is 0 Å². The summed E-state index contributed by atoms with van der Waals surface area (Å²) >= 11 is 0. The van der Waals surface area contributed by atoms with E-state index in [1.807, 2.05) is 11.1 Å².